The summed E-state index contributed by atoms with van der Waals surface area (Å²) < 4.78 is 2.00. The number of nitrogens with zero attached hydrogens (tertiary/aromatic N) is 3. The van der Waals surface area contributed by atoms with Gasteiger partial charge >= 0.3 is 12.0 Å². The highest BCUT2D eigenvalue weighted by molar-refractivity contribution is 5.74. The Hall–Kier alpha value is -2.83. The summed E-state index contributed by atoms with van der Waals surface area (Å²) in [6.45, 7) is 1.26. The van der Waals surface area contributed by atoms with E-state index in [-0.39, 0.29) is 19.0 Å². The van der Waals surface area contributed by atoms with E-state index in [4.69, 9.17) is 5.11 Å². The summed E-state index contributed by atoms with van der Waals surface area (Å²) in [6.07, 6.45) is 4.41. The number of aliphatic carboxylic acids is 1. The molecule has 0 spiro atoms. The monoisotopic (exact) mass is 330 g/mol. The van der Waals surface area contributed by atoms with E-state index in [1.807, 2.05) is 29.0 Å². The van der Waals surface area contributed by atoms with Crippen LogP contribution in [0.4, 0.5) is 4.79 Å². The molecular weight excluding hydrogens is 308 g/mol. The van der Waals surface area contributed by atoms with Gasteiger partial charge in [0.1, 0.15) is 5.82 Å². The van der Waals surface area contributed by atoms with Crippen molar-refractivity contribution in [1.29, 1.82) is 0 Å². The van der Waals surface area contributed by atoms with Crippen LogP contribution in [-0.2, 0) is 24.3 Å². The molecule has 2 rings (SSSR count). The van der Waals surface area contributed by atoms with E-state index in [1.165, 1.54) is 10.5 Å². The lowest BCUT2D eigenvalue weighted by atomic mass is 10.1. The van der Waals surface area contributed by atoms with Crippen LogP contribution in [0.15, 0.2) is 42.7 Å². The zero-order valence-electron chi connectivity index (χ0n) is 13.7. The maximum Gasteiger partial charge on any atom is 0.317 e. The molecule has 1 aromatic carbocycles. The molecule has 2 aromatic rings. The van der Waals surface area contributed by atoms with E-state index in [2.05, 4.69) is 22.4 Å². The second-order valence-corrected chi connectivity index (χ2v) is 5.50. The fourth-order valence-electron chi connectivity index (χ4n) is 2.26. The third-order valence-electron chi connectivity index (χ3n) is 3.69. The van der Waals surface area contributed by atoms with Crippen LogP contribution in [-0.4, -0.2) is 45.2 Å². The molecule has 2 N–H and O–H groups in total. The Morgan fingerprint density at radius 2 is 2.04 bits per heavy atom. The van der Waals surface area contributed by atoms with E-state index in [9.17, 15) is 9.59 Å². The number of rotatable bonds is 8. The number of aromatic nitrogens is 2. The van der Waals surface area contributed by atoms with E-state index in [1.54, 1.807) is 13.2 Å². The Morgan fingerprint density at radius 3 is 2.75 bits per heavy atom. The Balaban J connectivity index is 1.82. The SMILES string of the molecule is CN(CCC(=O)O)C(=O)NCc1nccn1CCc1ccccc1. The van der Waals surface area contributed by atoms with E-state index < -0.39 is 5.97 Å². The Kier molecular flexibility index (Phi) is 6.36. The van der Waals surface area contributed by atoms with Crippen molar-refractivity contribution >= 4 is 12.0 Å². The van der Waals surface area contributed by atoms with Gasteiger partial charge in [0.05, 0.1) is 13.0 Å². The highest BCUT2D eigenvalue weighted by Crippen LogP contribution is 2.04. The molecule has 0 unspecified atom stereocenters. The number of carbonyl (C=O) groups is 2. The number of carboxylic acid groups (broad SMARTS) is 1. The van der Waals surface area contributed by atoms with Crippen molar-refractivity contribution in [3.8, 4) is 0 Å². The van der Waals surface area contributed by atoms with Crippen molar-refractivity contribution in [2.75, 3.05) is 13.6 Å². The number of hydrogen-bond donors (Lipinski definition) is 2. The van der Waals surface area contributed by atoms with Crippen LogP contribution in [0.5, 0.6) is 0 Å². The predicted octanol–water partition coefficient (Wildman–Crippen LogP) is 1.74. The second-order valence-electron chi connectivity index (χ2n) is 5.50. The normalized spacial score (nSPS) is 10.4. The summed E-state index contributed by atoms with van der Waals surface area (Å²) in [6, 6.07) is 9.86. The van der Waals surface area contributed by atoms with Gasteiger partial charge in [-0.05, 0) is 12.0 Å². The number of urea groups is 1. The van der Waals surface area contributed by atoms with Gasteiger partial charge in [-0.2, -0.15) is 0 Å². The third-order valence-corrected chi connectivity index (χ3v) is 3.69. The fourth-order valence-corrected chi connectivity index (χ4v) is 2.26. The fraction of sp³-hybridized carbons (Fsp3) is 0.353. The summed E-state index contributed by atoms with van der Waals surface area (Å²) in [5.74, 6) is -0.156. The second kappa shape index (κ2) is 8.71. The lowest BCUT2D eigenvalue weighted by Gasteiger charge is -2.17. The number of amides is 2. The lowest BCUT2D eigenvalue weighted by Crippen LogP contribution is -2.38. The van der Waals surface area contributed by atoms with Crippen molar-refractivity contribution in [2.24, 2.45) is 0 Å². The first-order chi connectivity index (χ1) is 11.6. The smallest absolute Gasteiger partial charge is 0.317 e. The Labute approximate surface area is 140 Å². The summed E-state index contributed by atoms with van der Waals surface area (Å²) in [5.41, 5.74) is 1.24. The van der Waals surface area contributed by atoms with Gasteiger partial charge in [0.15, 0.2) is 0 Å². The minimum Gasteiger partial charge on any atom is -0.481 e. The number of carbonyl (C=O) groups excluding carboxylic acids is 1. The molecule has 24 heavy (non-hydrogen) atoms. The molecule has 7 heteroatoms. The average Bonchev–Trinajstić information content (AvgIpc) is 3.04. The van der Waals surface area contributed by atoms with Crippen molar-refractivity contribution < 1.29 is 14.7 Å². The maximum absolute atomic E-state index is 11.9. The predicted molar refractivity (Wildman–Crippen MR) is 89.5 cm³/mol. The van der Waals surface area contributed by atoms with Crippen LogP contribution >= 0.6 is 0 Å². The number of imidazole rings is 1. The van der Waals surface area contributed by atoms with Crippen molar-refractivity contribution in [1.82, 2.24) is 19.8 Å². The number of benzene rings is 1. The van der Waals surface area contributed by atoms with Crippen molar-refractivity contribution in [3.63, 3.8) is 0 Å². The summed E-state index contributed by atoms with van der Waals surface area (Å²) in [4.78, 5) is 28.1. The Morgan fingerprint density at radius 1 is 1.29 bits per heavy atom. The molecule has 7 nitrogen and oxygen atoms in total. The van der Waals surface area contributed by atoms with Gasteiger partial charge in [-0.25, -0.2) is 9.78 Å². The number of nitrogens with one attached hydrogen (secondary N) is 1. The zero-order chi connectivity index (χ0) is 17.4. The summed E-state index contributed by atoms with van der Waals surface area (Å²) in [7, 11) is 1.57. The van der Waals surface area contributed by atoms with Gasteiger partial charge in [-0.15, -0.1) is 0 Å². The molecular formula is C17H22N4O3. The quantitative estimate of drug-likeness (QED) is 0.772. The van der Waals surface area contributed by atoms with Crippen molar-refractivity contribution in [3.05, 3.63) is 54.1 Å². The van der Waals surface area contributed by atoms with E-state index in [0.717, 1.165) is 18.8 Å². The van der Waals surface area contributed by atoms with E-state index >= 15 is 0 Å². The van der Waals surface area contributed by atoms with Crippen LogP contribution in [0, 0.1) is 0 Å². The highest BCUT2D eigenvalue weighted by atomic mass is 16.4. The minimum absolute atomic E-state index is 0.0738. The average molecular weight is 330 g/mol. The molecule has 0 aliphatic carbocycles. The van der Waals surface area contributed by atoms with Crippen LogP contribution in [0.3, 0.4) is 0 Å². The highest BCUT2D eigenvalue weighted by Gasteiger charge is 2.11. The molecule has 0 saturated heterocycles. The largest absolute Gasteiger partial charge is 0.481 e. The number of aryl methyl sites for hydroxylation is 2. The topological polar surface area (TPSA) is 87.5 Å². The Bertz CT molecular complexity index is 669. The van der Waals surface area contributed by atoms with Gasteiger partial charge < -0.3 is 19.9 Å². The molecule has 2 amide bonds. The lowest BCUT2D eigenvalue weighted by molar-refractivity contribution is -0.137. The molecule has 0 atom stereocenters. The zero-order valence-corrected chi connectivity index (χ0v) is 13.7. The van der Waals surface area contributed by atoms with Gasteiger partial charge in [-0.3, -0.25) is 4.79 Å². The third kappa shape index (κ3) is 5.42. The van der Waals surface area contributed by atoms with Gasteiger partial charge in [0.25, 0.3) is 0 Å². The van der Waals surface area contributed by atoms with Crippen LogP contribution in [0.2, 0.25) is 0 Å². The summed E-state index contributed by atoms with van der Waals surface area (Å²) >= 11 is 0. The number of hydrogen-bond acceptors (Lipinski definition) is 3. The van der Waals surface area contributed by atoms with Crippen LogP contribution in [0.1, 0.15) is 17.8 Å². The van der Waals surface area contributed by atoms with Gasteiger partial charge in [0, 0.05) is 32.5 Å². The summed E-state index contributed by atoms with van der Waals surface area (Å²) in [5, 5.41) is 11.4. The molecule has 1 aromatic heterocycles. The molecule has 1 heterocycles. The number of carboxylic acids is 1. The maximum atomic E-state index is 11.9. The standard InChI is InChI=1S/C17H22N4O3/c1-20(10-8-16(22)23)17(24)19-13-15-18-9-12-21(15)11-7-14-5-3-2-4-6-14/h2-6,9,12H,7-8,10-11,13H2,1H3,(H,19,24)(H,22,23). The van der Waals surface area contributed by atoms with Crippen molar-refractivity contribution in [2.45, 2.75) is 25.9 Å². The molecule has 0 fully saturated rings. The molecule has 0 saturated carbocycles. The van der Waals surface area contributed by atoms with Crippen LogP contribution < -0.4 is 5.32 Å². The first-order valence-electron chi connectivity index (χ1n) is 7.81. The molecule has 0 aliphatic rings. The van der Waals surface area contributed by atoms with Gasteiger partial charge in [0.2, 0.25) is 0 Å². The molecule has 0 radical (unpaired) electrons. The van der Waals surface area contributed by atoms with E-state index in [0.29, 0.717) is 6.54 Å². The minimum atomic E-state index is -0.925. The first-order valence-corrected chi connectivity index (χ1v) is 7.81. The van der Waals surface area contributed by atoms with Gasteiger partial charge in [-0.1, -0.05) is 30.3 Å². The molecule has 128 valence electrons. The molecule has 0 bridgehead atoms. The first kappa shape index (κ1) is 17.5. The molecule has 0 aliphatic heterocycles. The van der Waals surface area contributed by atoms with Crippen LogP contribution in [0.25, 0.3) is 0 Å².